The lowest BCUT2D eigenvalue weighted by Crippen LogP contribution is -2.58. The van der Waals surface area contributed by atoms with Crippen LogP contribution in [0.1, 0.15) is 79.6 Å². The van der Waals surface area contributed by atoms with E-state index in [0.717, 1.165) is 13.2 Å². The summed E-state index contributed by atoms with van der Waals surface area (Å²) in [7, 11) is 0. The molecule has 2 nitrogen and oxygen atoms in total. The molecule has 0 saturated heterocycles. The van der Waals surface area contributed by atoms with Crippen LogP contribution in [0.15, 0.2) is 0 Å². The minimum absolute atomic E-state index is 0.0542. The van der Waals surface area contributed by atoms with Crippen LogP contribution in [0, 0.1) is 5.41 Å². The summed E-state index contributed by atoms with van der Waals surface area (Å²) >= 11 is 0. The van der Waals surface area contributed by atoms with Crippen LogP contribution in [0.25, 0.3) is 0 Å². The second kappa shape index (κ2) is 7.64. The highest BCUT2D eigenvalue weighted by molar-refractivity contribution is 5.00. The van der Waals surface area contributed by atoms with Crippen molar-refractivity contribution in [1.82, 2.24) is 5.32 Å². The number of hydrogen-bond donors (Lipinski definition) is 1. The Kier molecular flexibility index (Phi) is 6.82. The lowest BCUT2D eigenvalue weighted by Gasteiger charge is -2.47. The summed E-state index contributed by atoms with van der Waals surface area (Å²) in [5, 5.41) is 3.81. The van der Waals surface area contributed by atoms with E-state index in [1.165, 1.54) is 44.9 Å². The summed E-state index contributed by atoms with van der Waals surface area (Å²) in [6, 6.07) is 0.456. The van der Waals surface area contributed by atoms with E-state index in [2.05, 4.69) is 39.9 Å². The number of ether oxygens (including phenoxy) is 1. The van der Waals surface area contributed by atoms with Gasteiger partial charge in [-0.05, 0) is 38.1 Å². The first kappa shape index (κ1) is 17.0. The molecular weight excluding hydrogens is 234 g/mol. The summed E-state index contributed by atoms with van der Waals surface area (Å²) < 4.78 is 6.37. The summed E-state index contributed by atoms with van der Waals surface area (Å²) in [6.07, 6.45) is 9.02. The highest BCUT2D eigenvalue weighted by Crippen LogP contribution is 2.40. The second-order valence-electron chi connectivity index (χ2n) is 7.17. The molecule has 0 aromatic heterocycles. The molecule has 1 aliphatic rings. The Hall–Kier alpha value is -0.0800. The molecule has 0 amide bonds. The molecule has 1 saturated carbocycles. The molecule has 0 aromatic rings. The SMILES string of the molecule is CCCNC(C(C)(C)C)C1(OCC)CCCCCC1. The van der Waals surface area contributed by atoms with Crippen molar-refractivity contribution >= 4 is 0 Å². The monoisotopic (exact) mass is 269 g/mol. The lowest BCUT2D eigenvalue weighted by molar-refractivity contribution is -0.101. The molecule has 114 valence electrons. The third-order valence-corrected chi connectivity index (χ3v) is 4.37. The van der Waals surface area contributed by atoms with Gasteiger partial charge in [0.2, 0.25) is 0 Å². The van der Waals surface area contributed by atoms with E-state index in [1.54, 1.807) is 0 Å². The van der Waals surface area contributed by atoms with Crippen LogP contribution >= 0.6 is 0 Å². The number of rotatable bonds is 6. The van der Waals surface area contributed by atoms with Crippen LogP contribution in [-0.4, -0.2) is 24.8 Å². The average molecular weight is 269 g/mol. The maximum absolute atomic E-state index is 6.37. The predicted molar refractivity (Wildman–Crippen MR) is 83.6 cm³/mol. The first-order valence-corrected chi connectivity index (χ1v) is 8.33. The maximum atomic E-state index is 6.37. The van der Waals surface area contributed by atoms with Crippen molar-refractivity contribution in [2.45, 2.75) is 91.2 Å². The Morgan fingerprint density at radius 1 is 1.05 bits per heavy atom. The fourth-order valence-corrected chi connectivity index (χ4v) is 3.70. The van der Waals surface area contributed by atoms with E-state index < -0.39 is 0 Å². The minimum atomic E-state index is 0.0542. The van der Waals surface area contributed by atoms with E-state index in [4.69, 9.17) is 4.74 Å². The van der Waals surface area contributed by atoms with Gasteiger partial charge in [0.15, 0.2) is 0 Å². The molecule has 0 bridgehead atoms. The number of hydrogen-bond acceptors (Lipinski definition) is 2. The van der Waals surface area contributed by atoms with E-state index >= 15 is 0 Å². The van der Waals surface area contributed by atoms with Gasteiger partial charge in [0.05, 0.1) is 5.60 Å². The Morgan fingerprint density at radius 3 is 2.05 bits per heavy atom. The molecule has 1 aliphatic carbocycles. The largest absolute Gasteiger partial charge is 0.374 e. The van der Waals surface area contributed by atoms with Crippen molar-refractivity contribution in [3.8, 4) is 0 Å². The van der Waals surface area contributed by atoms with E-state index in [1.807, 2.05) is 0 Å². The highest BCUT2D eigenvalue weighted by Gasteiger charge is 2.45. The van der Waals surface area contributed by atoms with Gasteiger partial charge in [-0.15, -0.1) is 0 Å². The topological polar surface area (TPSA) is 21.3 Å². The first-order chi connectivity index (χ1) is 8.96. The summed E-state index contributed by atoms with van der Waals surface area (Å²) in [6.45, 7) is 13.4. The summed E-state index contributed by atoms with van der Waals surface area (Å²) in [5.41, 5.74) is 0.299. The molecule has 0 aliphatic heterocycles. The molecule has 1 N–H and O–H groups in total. The molecule has 19 heavy (non-hydrogen) atoms. The fourth-order valence-electron chi connectivity index (χ4n) is 3.70. The Bertz CT molecular complexity index is 236. The van der Waals surface area contributed by atoms with Crippen molar-refractivity contribution in [1.29, 1.82) is 0 Å². The highest BCUT2D eigenvalue weighted by atomic mass is 16.5. The first-order valence-electron chi connectivity index (χ1n) is 8.33. The van der Waals surface area contributed by atoms with Gasteiger partial charge in [-0.1, -0.05) is 53.4 Å². The van der Waals surface area contributed by atoms with Crippen molar-refractivity contribution in [3.05, 3.63) is 0 Å². The van der Waals surface area contributed by atoms with Crippen LogP contribution in [0.5, 0.6) is 0 Å². The predicted octanol–water partition coefficient (Wildman–Crippen LogP) is 4.53. The van der Waals surface area contributed by atoms with Crippen LogP contribution in [0.3, 0.4) is 0 Å². The van der Waals surface area contributed by atoms with Gasteiger partial charge in [0.25, 0.3) is 0 Å². The van der Waals surface area contributed by atoms with Crippen molar-refractivity contribution in [2.24, 2.45) is 5.41 Å². The quantitative estimate of drug-likeness (QED) is 0.715. The Morgan fingerprint density at radius 2 is 1.63 bits per heavy atom. The van der Waals surface area contributed by atoms with E-state index in [0.29, 0.717) is 6.04 Å². The molecule has 1 fully saturated rings. The third-order valence-electron chi connectivity index (χ3n) is 4.37. The van der Waals surface area contributed by atoms with Gasteiger partial charge in [-0.25, -0.2) is 0 Å². The molecule has 0 heterocycles. The van der Waals surface area contributed by atoms with E-state index in [9.17, 15) is 0 Å². The smallest absolute Gasteiger partial charge is 0.0839 e. The van der Waals surface area contributed by atoms with Crippen molar-refractivity contribution < 1.29 is 4.74 Å². The van der Waals surface area contributed by atoms with Crippen LogP contribution < -0.4 is 5.32 Å². The van der Waals surface area contributed by atoms with Crippen LogP contribution in [0.4, 0.5) is 0 Å². The molecule has 0 radical (unpaired) electrons. The molecule has 1 rings (SSSR count). The summed E-state index contributed by atoms with van der Waals surface area (Å²) in [5.74, 6) is 0. The zero-order valence-corrected chi connectivity index (χ0v) is 13.8. The van der Waals surface area contributed by atoms with Gasteiger partial charge >= 0.3 is 0 Å². The molecule has 1 atom stereocenters. The van der Waals surface area contributed by atoms with Crippen LogP contribution in [-0.2, 0) is 4.74 Å². The zero-order valence-electron chi connectivity index (χ0n) is 13.8. The van der Waals surface area contributed by atoms with Gasteiger partial charge in [0.1, 0.15) is 0 Å². The fraction of sp³-hybridized carbons (Fsp3) is 1.00. The lowest BCUT2D eigenvalue weighted by atomic mass is 9.72. The van der Waals surface area contributed by atoms with Gasteiger partial charge in [-0.2, -0.15) is 0 Å². The molecular formula is C17H35NO. The zero-order chi connectivity index (χ0) is 14.4. The third kappa shape index (κ3) is 4.75. The Balaban J connectivity index is 2.94. The standard InChI is InChI=1S/C17H35NO/c1-6-14-18-15(16(3,4)5)17(19-7-2)12-10-8-9-11-13-17/h15,18H,6-14H2,1-5H3. The molecule has 0 aromatic carbocycles. The molecule has 2 heteroatoms. The van der Waals surface area contributed by atoms with Crippen molar-refractivity contribution in [3.63, 3.8) is 0 Å². The average Bonchev–Trinajstić information content (AvgIpc) is 2.55. The van der Waals surface area contributed by atoms with Gasteiger partial charge in [-0.3, -0.25) is 0 Å². The molecule has 0 spiro atoms. The van der Waals surface area contributed by atoms with Gasteiger partial charge < -0.3 is 10.1 Å². The van der Waals surface area contributed by atoms with Crippen molar-refractivity contribution in [2.75, 3.05) is 13.2 Å². The van der Waals surface area contributed by atoms with Gasteiger partial charge in [0, 0.05) is 12.6 Å². The molecule has 1 unspecified atom stereocenters. The maximum Gasteiger partial charge on any atom is 0.0839 e. The normalized spacial score (nSPS) is 21.9. The second-order valence-corrected chi connectivity index (χ2v) is 7.17. The summed E-state index contributed by atoms with van der Waals surface area (Å²) in [4.78, 5) is 0. The van der Waals surface area contributed by atoms with E-state index in [-0.39, 0.29) is 11.0 Å². The van der Waals surface area contributed by atoms with Crippen LogP contribution in [0.2, 0.25) is 0 Å². The minimum Gasteiger partial charge on any atom is -0.374 e. The Labute approximate surface area is 120 Å². The number of nitrogens with one attached hydrogen (secondary N) is 1.